The van der Waals surface area contributed by atoms with E-state index in [1.807, 2.05) is 24.3 Å². The molecule has 120 valence electrons. The summed E-state index contributed by atoms with van der Waals surface area (Å²) in [5.41, 5.74) is 2.63. The molecule has 0 saturated heterocycles. The van der Waals surface area contributed by atoms with Gasteiger partial charge in [0.05, 0.1) is 22.8 Å². The lowest BCUT2D eigenvalue weighted by atomic mass is 10.1. The highest BCUT2D eigenvalue weighted by Gasteiger charge is 2.25. The minimum Gasteiger partial charge on any atom is -0.351 e. The van der Waals surface area contributed by atoms with Gasteiger partial charge in [-0.05, 0) is 38.0 Å². The molecule has 24 heavy (non-hydrogen) atoms. The molecule has 0 radical (unpaired) electrons. The molecule has 0 aliphatic heterocycles. The second kappa shape index (κ2) is 5.93. The van der Waals surface area contributed by atoms with Gasteiger partial charge in [0.2, 0.25) is 5.95 Å². The van der Waals surface area contributed by atoms with E-state index in [0.717, 1.165) is 36.2 Å². The number of rotatable bonds is 5. The van der Waals surface area contributed by atoms with Gasteiger partial charge in [-0.1, -0.05) is 12.1 Å². The highest BCUT2D eigenvalue weighted by molar-refractivity contribution is 5.76. The van der Waals surface area contributed by atoms with Crippen molar-refractivity contribution in [2.24, 2.45) is 0 Å². The zero-order valence-corrected chi connectivity index (χ0v) is 13.5. The van der Waals surface area contributed by atoms with Crippen molar-refractivity contribution in [2.75, 3.05) is 5.32 Å². The number of aryl methyl sites for hydroxylation is 1. The summed E-state index contributed by atoms with van der Waals surface area (Å²) in [5, 5.41) is 13.1. The number of aromatic nitrogens is 4. The summed E-state index contributed by atoms with van der Waals surface area (Å²) >= 11 is 0. The average molecular weight is 318 g/mol. The first-order valence-electron chi connectivity index (χ1n) is 8.24. The first-order valence-corrected chi connectivity index (χ1v) is 8.24. The summed E-state index contributed by atoms with van der Waals surface area (Å²) in [7, 11) is 0. The van der Waals surface area contributed by atoms with Gasteiger partial charge in [-0.25, -0.2) is 15.0 Å². The van der Waals surface area contributed by atoms with Crippen molar-refractivity contribution in [3.8, 4) is 6.07 Å². The first-order chi connectivity index (χ1) is 11.8. The molecule has 1 aromatic carbocycles. The van der Waals surface area contributed by atoms with E-state index in [4.69, 9.17) is 4.98 Å². The predicted molar refractivity (Wildman–Crippen MR) is 91.5 cm³/mol. The van der Waals surface area contributed by atoms with Gasteiger partial charge in [-0.15, -0.1) is 0 Å². The van der Waals surface area contributed by atoms with Gasteiger partial charge in [-0.2, -0.15) is 5.26 Å². The Balaban J connectivity index is 1.77. The maximum Gasteiger partial charge on any atom is 0.223 e. The van der Waals surface area contributed by atoms with E-state index in [2.05, 4.69) is 32.8 Å². The van der Waals surface area contributed by atoms with Gasteiger partial charge in [0.15, 0.2) is 0 Å². The van der Waals surface area contributed by atoms with Gasteiger partial charge in [0, 0.05) is 18.8 Å². The fourth-order valence-electron chi connectivity index (χ4n) is 2.92. The molecule has 1 aliphatic rings. The van der Waals surface area contributed by atoms with Crippen LogP contribution in [0, 0.1) is 11.3 Å². The smallest absolute Gasteiger partial charge is 0.223 e. The largest absolute Gasteiger partial charge is 0.351 e. The molecule has 1 saturated carbocycles. The molecule has 1 N–H and O–H groups in total. The molecule has 0 bridgehead atoms. The highest BCUT2D eigenvalue weighted by Crippen LogP contribution is 2.28. The third-order valence-corrected chi connectivity index (χ3v) is 4.27. The highest BCUT2D eigenvalue weighted by atomic mass is 15.1. The number of anilines is 1. The molecule has 6 heteroatoms. The fourth-order valence-corrected chi connectivity index (χ4v) is 2.92. The number of nitriles is 1. The van der Waals surface area contributed by atoms with E-state index in [1.54, 1.807) is 12.3 Å². The van der Waals surface area contributed by atoms with Gasteiger partial charge in [0.25, 0.3) is 0 Å². The summed E-state index contributed by atoms with van der Waals surface area (Å²) in [5.74, 6) is 0.812. The molecular weight excluding hydrogens is 300 g/mol. The quantitative estimate of drug-likeness (QED) is 0.782. The Morgan fingerprint density at radius 2 is 2.12 bits per heavy atom. The molecule has 0 amide bonds. The molecule has 2 heterocycles. The number of nitrogens with one attached hydrogen (secondary N) is 1. The number of para-hydroxylation sites is 2. The lowest BCUT2D eigenvalue weighted by Crippen LogP contribution is -2.12. The Kier molecular flexibility index (Phi) is 3.62. The van der Waals surface area contributed by atoms with Gasteiger partial charge in [0.1, 0.15) is 11.7 Å². The minimum atomic E-state index is -0.514. The molecule has 4 rings (SSSR count). The zero-order valence-electron chi connectivity index (χ0n) is 13.5. The lowest BCUT2D eigenvalue weighted by Gasteiger charge is -2.12. The number of hydrogen-bond donors (Lipinski definition) is 1. The van der Waals surface area contributed by atoms with Gasteiger partial charge >= 0.3 is 0 Å². The summed E-state index contributed by atoms with van der Waals surface area (Å²) in [6.45, 7) is 2.82. The van der Waals surface area contributed by atoms with Crippen molar-refractivity contribution in [3.05, 3.63) is 48.0 Å². The monoisotopic (exact) mass is 318 g/mol. The van der Waals surface area contributed by atoms with E-state index in [0.29, 0.717) is 17.7 Å². The summed E-state index contributed by atoms with van der Waals surface area (Å²) in [6, 6.07) is 12.6. The van der Waals surface area contributed by atoms with E-state index in [9.17, 15) is 5.26 Å². The maximum atomic E-state index is 9.78. The van der Waals surface area contributed by atoms with Crippen LogP contribution in [0.25, 0.3) is 11.0 Å². The third kappa shape index (κ3) is 2.58. The molecular formula is C18H18N6. The number of benzene rings is 1. The Bertz CT molecular complexity index is 919. The molecule has 1 atom stereocenters. The van der Waals surface area contributed by atoms with Gasteiger partial charge < -0.3 is 9.88 Å². The minimum absolute atomic E-state index is 0.473. The van der Waals surface area contributed by atoms with E-state index >= 15 is 0 Å². The number of nitrogens with zero attached hydrogens (tertiary/aromatic N) is 5. The number of fused-ring (bicyclic) bond motifs is 1. The zero-order chi connectivity index (χ0) is 16.5. The van der Waals surface area contributed by atoms with Crippen molar-refractivity contribution >= 4 is 17.0 Å². The van der Waals surface area contributed by atoms with Crippen molar-refractivity contribution in [2.45, 2.75) is 38.3 Å². The van der Waals surface area contributed by atoms with Crippen LogP contribution in [-0.4, -0.2) is 25.6 Å². The Morgan fingerprint density at radius 1 is 1.29 bits per heavy atom. The standard InChI is InChI=1S/C18H18N6/c1-2-24-16-6-4-3-5-15(16)22-17(24)13(11-19)14-9-10-20-18(23-14)21-12-7-8-12/h3-6,9-10,12-13H,2,7-8H2,1H3,(H,20,21,23). The van der Waals surface area contributed by atoms with Crippen LogP contribution in [-0.2, 0) is 6.54 Å². The second-order valence-corrected chi connectivity index (χ2v) is 5.99. The third-order valence-electron chi connectivity index (χ3n) is 4.27. The van der Waals surface area contributed by atoms with Crippen LogP contribution in [0.5, 0.6) is 0 Å². The van der Waals surface area contributed by atoms with Crippen LogP contribution in [0.2, 0.25) is 0 Å². The predicted octanol–water partition coefficient (Wildman–Crippen LogP) is 3.08. The Hall–Kier alpha value is -2.94. The molecule has 1 aliphatic carbocycles. The Morgan fingerprint density at radius 3 is 2.88 bits per heavy atom. The van der Waals surface area contributed by atoms with Crippen molar-refractivity contribution < 1.29 is 0 Å². The first kappa shape index (κ1) is 14.6. The molecule has 3 aromatic rings. The number of imidazole rings is 1. The van der Waals surface area contributed by atoms with Crippen molar-refractivity contribution in [1.29, 1.82) is 5.26 Å². The van der Waals surface area contributed by atoms with E-state index in [1.165, 1.54) is 0 Å². The number of hydrogen-bond acceptors (Lipinski definition) is 5. The van der Waals surface area contributed by atoms with Crippen LogP contribution in [0.1, 0.15) is 37.2 Å². The van der Waals surface area contributed by atoms with Crippen LogP contribution >= 0.6 is 0 Å². The van der Waals surface area contributed by atoms with Crippen LogP contribution in [0.3, 0.4) is 0 Å². The second-order valence-electron chi connectivity index (χ2n) is 5.99. The van der Waals surface area contributed by atoms with E-state index in [-0.39, 0.29) is 0 Å². The SMILES string of the molecule is CCn1c(C(C#N)c2ccnc(NC3CC3)n2)nc2ccccc21. The van der Waals surface area contributed by atoms with Crippen LogP contribution in [0.4, 0.5) is 5.95 Å². The van der Waals surface area contributed by atoms with Crippen LogP contribution in [0.15, 0.2) is 36.5 Å². The molecule has 0 spiro atoms. The van der Waals surface area contributed by atoms with Crippen molar-refractivity contribution in [1.82, 2.24) is 19.5 Å². The topological polar surface area (TPSA) is 79.4 Å². The summed E-state index contributed by atoms with van der Waals surface area (Å²) in [6.07, 6.45) is 4.01. The average Bonchev–Trinajstić information content (AvgIpc) is 3.34. The van der Waals surface area contributed by atoms with Crippen molar-refractivity contribution in [3.63, 3.8) is 0 Å². The molecule has 2 aromatic heterocycles. The molecule has 6 nitrogen and oxygen atoms in total. The van der Waals surface area contributed by atoms with Gasteiger partial charge in [-0.3, -0.25) is 0 Å². The lowest BCUT2D eigenvalue weighted by molar-refractivity contribution is 0.704. The Labute approximate surface area is 140 Å². The summed E-state index contributed by atoms with van der Waals surface area (Å²) in [4.78, 5) is 13.5. The molecule has 1 unspecified atom stereocenters. The normalized spacial score (nSPS) is 15.2. The fraction of sp³-hybridized carbons (Fsp3) is 0.333. The molecule has 1 fully saturated rings. The maximum absolute atomic E-state index is 9.78. The van der Waals surface area contributed by atoms with E-state index < -0.39 is 5.92 Å². The summed E-state index contributed by atoms with van der Waals surface area (Å²) < 4.78 is 2.08. The van der Waals surface area contributed by atoms with Crippen LogP contribution < -0.4 is 5.32 Å².